The lowest BCUT2D eigenvalue weighted by Gasteiger charge is -2.09. The fourth-order valence-corrected chi connectivity index (χ4v) is 2.13. The van der Waals surface area contributed by atoms with Gasteiger partial charge in [-0.05, 0) is 34.1 Å². The zero-order valence-electron chi connectivity index (χ0n) is 9.68. The van der Waals surface area contributed by atoms with Gasteiger partial charge >= 0.3 is 0 Å². The molecule has 2 nitrogen and oxygen atoms in total. The quantitative estimate of drug-likeness (QED) is 0.817. The van der Waals surface area contributed by atoms with Crippen molar-refractivity contribution in [1.82, 2.24) is 0 Å². The fraction of sp³-hybridized carbons (Fsp3) is 0. The summed E-state index contributed by atoms with van der Waals surface area (Å²) >= 11 is 8.57. The molecule has 0 unspecified atom stereocenters. The Kier molecular flexibility index (Phi) is 4.35. The Balaban J connectivity index is 2.36. The Morgan fingerprint density at radius 1 is 1.20 bits per heavy atom. The number of amides is 1. The maximum absolute atomic E-state index is 13.7. The molecular formula is C13H6BrClF3NO. The lowest BCUT2D eigenvalue weighted by atomic mass is 10.2. The maximum Gasteiger partial charge on any atom is 0.258 e. The van der Waals surface area contributed by atoms with Crippen molar-refractivity contribution in [2.24, 2.45) is 0 Å². The Hall–Kier alpha value is -1.53. The van der Waals surface area contributed by atoms with Crippen LogP contribution in [0.2, 0.25) is 5.02 Å². The standard InChI is InChI=1S/C13H6BrClF3NO/c14-8-3-1-2-7(11(8)18)13(20)19-12-9(15)4-6(16)5-10(12)17/h1-5H,(H,19,20). The number of anilines is 1. The minimum Gasteiger partial charge on any atom is -0.318 e. The third-order valence-electron chi connectivity index (χ3n) is 2.44. The normalized spacial score (nSPS) is 10.4. The summed E-state index contributed by atoms with van der Waals surface area (Å²) in [6.07, 6.45) is 0. The third kappa shape index (κ3) is 2.96. The number of hydrogen-bond acceptors (Lipinski definition) is 1. The van der Waals surface area contributed by atoms with Gasteiger partial charge in [0.1, 0.15) is 11.6 Å². The van der Waals surface area contributed by atoms with E-state index >= 15 is 0 Å². The molecule has 0 aliphatic heterocycles. The van der Waals surface area contributed by atoms with E-state index in [1.54, 1.807) is 0 Å². The maximum atomic E-state index is 13.7. The molecule has 1 N–H and O–H groups in total. The molecule has 2 aromatic rings. The van der Waals surface area contributed by atoms with Crippen LogP contribution in [0.3, 0.4) is 0 Å². The predicted molar refractivity (Wildman–Crippen MR) is 73.4 cm³/mol. The van der Waals surface area contributed by atoms with Gasteiger partial charge in [-0.15, -0.1) is 0 Å². The highest BCUT2D eigenvalue weighted by Crippen LogP contribution is 2.27. The van der Waals surface area contributed by atoms with E-state index in [9.17, 15) is 18.0 Å². The average molecular weight is 365 g/mol. The van der Waals surface area contributed by atoms with E-state index in [1.807, 2.05) is 0 Å². The lowest BCUT2D eigenvalue weighted by molar-refractivity contribution is 0.102. The van der Waals surface area contributed by atoms with Crippen molar-refractivity contribution < 1.29 is 18.0 Å². The van der Waals surface area contributed by atoms with Gasteiger partial charge in [-0.25, -0.2) is 13.2 Å². The highest BCUT2D eigenvalue weighted by atomic mass is 79.9. The van der Waals surface area contributed by atoms with Crippen molar-refractivity contribution in [3.63, 3.8) is 0 Å². The van der Waals surface area contributed by atoms with E-state index in [0.717, 1.165) is 6.07 Å². The van der Waals surface area contributed by atoms with Crippen LogP contribution >= 0.6 is 27.5 Å². The summed E-state index contributed by atoms with van der Waals surface area (Å²) in [5.41, 5.74) is -0.698. The fourth-order valence-electron chi connectivity index (χ4n) is 1.52. The van der Waals surface area contributed by atoms with Gasteiger partial charge in [0.05, 0.1) is 20.7 Å². The van der Waals surface area contributed by atoms with Gasteiger partial charge in [0.25, 0.3) is 5.91 Å². The average Bonchev–Trinajstić information content (AvgIpc) is 2.36. The van der Waals surface area contributed by atoms with Gasteiger partial charge in [-0.3, -0.25) is 4.79 Å². The molecule has 0 atom stereocenters. The molecule has 0 aromatic heterocycles. The van der Waals surface area contributed by atoms with Gasteiger partial charge in [-0.2, -0.15) is 0 Å². The van der Waals surface area contributed by atoms with Gasteiger partial charge in [0, 0.05) is 6.07 Å². The Morgan fingerprint density at radius 2 is 1.90 bits per heavy atom. The topological polar surface area (TPSA) is 29.1 Å². The number of hydrogen-bond donors (Lipinski definition) is 1. The lowest BCUT2D eigenvalue weighted by Crippen LogP contribution is -2.15. The summed E-state index contributed by atoms with van der Waals surface area (Å²) < 4.78 is 40.2. The molecule has 2 aromatic carbocycles. The summed E-state index contributed by atoms with van der Waals surface area (Å²) in [7, 11) is 0. The molecule has 0 fully saturated rings. The Bertz CT molecular complexity index is 670. The predicted octanol–water partition coefficient (Wildman–Crippen LogP) is 4.77. The minimum atomic E-state index is -1.04. The first kappa shape index (κ1) is 14.9. The van der Waals surface area contributed by atoms with Gasteiger partial charge in [-0.1, -0.05) is 17.7 Å². The van der Waals surface area contributed by atoms with E-state index < -0.39 is 29.0 Å². The van der Waals surface area contributed by atoms with Crippen molar-refractivity contribution in [1.29, 1.82) is 0 Å². The van der Waals surface area contributed by atoms with E-state index in [4.69, 9.17) is 11.6 Å². The third-order valence-corrected chi connectivity index (χ3v) is 3.35. The SMILES string of the molecule is O=C(Nc1c(F)cc(F)cc1Cl)c1cccc(Br)c1F. The first-order chi connectivity index (χ1) is 9.40. The zero-order valence-corrected chi connectivity index (χ0v) is 12.0. The number of rotatable bonds is 2. The van der Waals surface area contributed by atoms with Crippen LogP contribution in [0, 0.1) is 17.5 Å². The van der Waals surface area contributed by atoms with E-state index in [2.05, 4.69) is 21.2 Å². The first-order valence-corrected chi connectivity index (χ1v) is 6.47. The molecule has 20 heavy (non-hydrogen) atoms. The van der Waals surface area contributed by atoms with Crippen LogP contribution in [-0.4, -0.2) is 5.91 Å². The van der Waals surface area contributed by atoms with E-state index in [-0.39, 0.29) is 15.1 Å². The molecule has 0 spiro atoms. The van der Waals surface area contributed by atoms with E-state index in [1.165, 1.54) is 18.2 Å². The summed E-state index contributed by atoms with van der Waals surface area (Å²) in [5.74, 6) is -3.60. The molecule has 0 saturated carbocycles. The second-order valence-electron chi connectivity index (χ2n) is 3.80. The van der Waals surface area contributed by atoms with Crippen LogP contribution in [0.25, 0.3) is 0 Å². The van der Waals surface area contributed by atoms with Gasteiger partial charge in [0.15, 0.2) is 5.82 Å². The van der Waals surface area contributed by atoms with Gasteiger partial charge in [0.2, 0.25) is 0 Å². The molecule has 0 radical (unpaired) electrons. The number of nitrogens with one attached hydrogen (secondary N) is 1. The van der Waals surface area contributed by atoms with Crippen molar-refractivity contribution in [2.45, 2.75) is 0 Å². The molecule has 0 bridgehead atoms. The highest BCUT2D eigenvalue weighted by Gasteiger charge is 2.18. The Labute approximate surface area is 125 Å². The van der Waals surface area contributed by atoms with Crippen LogP contribution in [0.5, 0.6) is 0 Å². The second-order valence-corrected chi connectivity index (χ2v) is 5.06. The summed E-state index contributed by atoms with van der Waals surface area (Å²) in [6, 6.07) is 5.50. The zero-order chi connectivity index (χ0) is 14.9. The molecule has 2 rings (SSSR count). The van der Waals surface area contributed by atoms with Crippen LogP contribution in [-0.2, 0) is 0 Å². The van der Waals surface area contributed by atoms with Crippen molar-refractivity contribution >= 4 is 39.1 Å². The van der Waals surface area contributed by atoms with Crippen molar-refractivity contribution in [2.75, 3.05) is 5.32 Å². The highest BCUT2D eigenvalue weighted by molar-refractivity contribution is 9.10. The molecule has 1 amide bonds. The minimum absolute atomic E-state index is 0.0934. The smallest absolute Gasteiger partial charge is 0.258 e. The number of carbonyl (C=O) groups excluding carboxylic acids is 1. The van der Waals surface area contributed by atoms with Crippen molar-refractivity contribution in [3.05, 3.63) is 62.8 Å². The molecule has 7 heteroatoms. The summed E-state index contributed by atoms with van der Waals surface area (Å²) in [6.45, 7) is 0. The Morgan fingerprint density at radius 3 is 2.55 bits per heavy atom. The van der Waals surface area contributed by atoms with Crippen LogP contribution < -0.4 is 5.32 Å². The van der Waals surface area contributed by atoms with Crippen LogP contribution in [0.15, 0.2) is 34.8 Å². The molecule has 0 heterocycles. The molecule has 0 aliphatic carbocycles. The molecule has 0 aliphatic rings. The first-order valence-electron chi connectivity index (χ1n) is 5.30. The number of halogens is 5. The van der Waals surface area contributed by atoms with Crippen LogP contribution in [0.1, 0.15) is 10.4 Å². The van der Waals surface area contributed by atoms with Gasteiger partial charge < -0.3 is 5.32 Å². The molecule has 104 valence electrons. The second kappa shape index (κ2) is 5.85. The monoisotopic (exact) mass is 363 g/mol. The number of benzene rings is 2. The molecule has 0 saturated heterocycles. The van der Waals surface area contributed by atoms with Crippen LogP contribution in [0.4, 0.5) is 18.9 Å². The largest absolute Gasteiger partial charge is 0.318 e. The van der Waals surface area contributed by atoms with Crippen molar-refractivity contribution in [3.8, 4) is 0 Å². The van der Waals surface area contributed by atoms with E-state index in [0.29, 0.717) is 6.07 Å². The molecular weight excluding hydrogens is 358 g/mol. The number of carbonyl (C=O) groups is 1. The summed E-state index contributed by atoms with van der Waals surface area (Å²) in [5, 5.41) is 1.80. The summed E-state index contributed by atoms with van der Waals surface area (Å²) in [4.78, 5) is 11.9.